The number of unbranched alkanes of at least 4 members (excludes halogenated alkanes) is 6. The number of nitrogens with zero attached hydrogens (tertiary/aromatic N) is 1. The van der Waals surface area contributed by atoms with E-state index >= 15 is 0 Å². The first-order valence-electron chi connectivity index (χ1n) is 6.44. The van der Waals surface area contributed by atoms with Crippen LogP contribution >= 0.6 is 0 Å². The highest BCUT2D eigenvalue weighted by atomic mass is 16.2. The first-order chi connectivity index (χ1) is 7.93. The fourth-order valence-corrected chi connectivity index (χ4v) is 1.85. The van der Waals surface area contributed by atoms with Crippen molar-refractivity contribution in [2.75, 3.05) is 6.61 Å². The Labute approximate surface area is 98.7 Å². The Kier molecular flexibility index (Phi) is 7.70. The van der Waals surface area contributed by atoms with E-state index in [0.29, 0.717) is 6.61 Å². The third kappa shape index (κ3) is 6.57. The minimum absolute atomic E-state index is 0.347. The normalized spacial score (nSPS) is 10.6. The van der Waals surface area contributed by atoms with Crippen LogP contribution in [0.15, 0.2) is 24.4 Å². The van der Waals surface area contributed by atoms with E-state index in [0.717, 1.165) is 12.8 Å². The van der Waals surface area contributed by atoms with Gasteiger partial charge in [-0.15, -0.1) is 0 Å². The Morgan fingerprint density at radius 2 is 1.56 bits per heavy atom. The molecule has 2 heteroatoms. The van der Waals surface area contributed by atoms with Gasteiger partial charge in [-0.05, 0) is 31.4 Å². The molecule has 0 amide bonds. The van der Waals surface area contributed by atoms with Gasteiger partial charge in [-0.2, -0.15) is 0 Å². The molecule has 0 atom stereocenters. The highest BCUT2D eigenvalue weighted by molar-refractivity contribution is 5.03. The van der Waals surface area contributed by atoms with Crippen LogP contribution < -0.4 is 0 Å². The number of pyridine rings is 1. The minimum atomic E-state index is 0.347. The van der Waals surface area contributed by atoms with Crippen molar-refractivity contribution in [1.82, 2.24) is 4.98 Å². The molecule has 0 fully saturated rings. The molecule has 1 rings (SSSR count). The van der Waals surface area contributed by atoms with Crippen molar-refractivity contribution >= 4 is 0 Å². The van der Waals surface area contributed by atoms with Gasteiger partial charge in [0.1, 0.15) is 0 Å². The van der Waals surface area contributed by atoms with Crippen LogP contribution in [0.25, 0.3) is 0 Å². The Morgan fingerprint density at radius 3 is 2.19 bits per heavy atom. The lowest BCUT2D eigenvalue weighted by Gasteiger charge is -2.01. The van der Waals surface area contributed by atoms with E-state index < -0.39 is 0 Å². The van der Waals surface area contributed by atoms with Crippen LogP contribution in [0.1, 0.15) is 50.6 Å². The molecule has 1 aromatic heterocycles. The number of hydrogen-bond acceptors (Lipinski definition) is 2. The van der Waals surface area contributed by atoms with Crippen molar-refractivity contribution < 1.29 is 5.11 Å². The van der Waals surface area contributed by atoms with Crippen LogP contribution in [0.2, 0.25) is 0 Å². The van der Waals surface area contributed by atoms with E-state index in [1.807, 2.05) is 12.3 Å². The SMILES string of the molecule is OCCCCCCCCCc1ccccn1. The first-order valence-corrected chi connectivity index (χ1v) is 6.44. The fraction of sp³-hybridized carbons (Fsp3) is 0.643. The highest BCUT2D eigenvalue weighted by Crippen LogP contribution is 2.09. The Morgan fingerprint density at radius 1 is 0.875 bits per heavy atom. The largest absolute Gasteiger partial charge is 0.396 e. The number of hydrogen-bond donors (Lipinski definition) is 1. The zero-order valence-corrected chi connectivity index (χ0v) is 10.1. The quantitative estimate of drug-likeness (QED) is 0.649. The van der Waals surface area contributed by atoms with Crippen molar-refractivity contribution in [3.8, 4) is 0 Å². The second-order valence-electron chi connectivity index (χ2n) is 4.27. The Hall–Kier alpha value is -0.890. The summed E-state index contributed by atoms with van der Waals surface area (Å²) >= 11 is 0. The van der Waals surface area contributed by atoms with Crippen molar-refractivity contribution in [1.29, 1.82) is 0 Å². The van der Waals surface area contributed by atoms with Gasteiger partial charge >= 0.3 is 0 Å². The maximum absolute atomic E-state index is 8.63. The molecular weight excluding hydrogens is 198 g/mol. The smallest absolute Gasteiger partial charge is 0.0431 e. The number of aromatic nitrogens is 1. The van der Waals surface area contributed by atoms with Gasteiger partial charge < -0.3 is 5.11 Å². The van der Waals surface area contributed by atoms with Gasteiger partial charge in [0, 0.05) is 18.5 Å². The second kappa shape index (κ2) is 9.34. The lowest BCUT2D eigenvalue weighted by Crippen LogP contribution is -1.89. The molecule has 0 unspecified atom stereocenters. The van der Waals surface area contributed by atoms with Gasteiger partial charge in [0.05, 0.1) is 0 Å². The molecule has 0 aliphatic rings. The predicted molar refractivity (Wildman–Crippen MR) is 67.3 cm³/mol. The summed E-state index contributed by atoms with van der Waals surface area (Å²) in [5, 5.41) is 8.63. The Bertz CT molecular complexity index is 248. The number of aliphatic hydroxyl groups is 1. The van der Waals surface area contributed by atoms with Crippen LogP contribution in [0, 0.1) is 0 Å². The van der Waals surface area contributed by atoms with E-state index in [2.05, 4.69) is 17.1 Å². The molecule has 2 nitrogen and oxygen atoms in total. The average molecular weight is 221 g/mol. The molecule has 0 aromatic carbocycles. The summed E-state index contributed by atoms with van der Waals surface area (Å²) in [4.78, 5) is 4.31. The summed E-state index contributed by atoms with van der Waals surface area (Å²) in [6.07, 6.45) is 11.6. The Balaban J connectivity index is 1.89. The van der Waals surface area contributed by atoms with Crippen LogP contribution in [-0.4, -0.2) is 16.7 Å². The molecular formula is C14H23NO. The lowest BCUT2D eigenvalue weighted by molar-refractivity contribution is 0.282. The van der Waals surface area contributed by atoms with Crippen molar-refractivity contribution in [3.63, 3.8) is 0 Å². The van der Waals surface area contributed by atoms with Crippen molar-refractivity contribution in [2.45, 2.75) is 51.4 Å². The van der Waals surface area contributed by atoms with Crippen LogP contribution in [0.5, 0.6) is 0 Å². The lowest BCUT2D eigenvalue weighted by atomic mass is 10.1. The first kappa shape index (κ1) is 13.2. The van der Waals surface area contributed by atoms with Crippen molar-refractivity contribution in [3.05, 3.63) is 30.1 Å². The molecule has 90 valence electrons. The highest BCUT2D eigenvalue weighted by Gasteiger charge is 1.94. The zero-order valence-electron chi connectivity index (χ0n) is 10.1. The molecule has 1 heterocycles. The molecule has 0 saturated heterocycles. The van der Waals surface area contributed by atoms with Crippen LogP contribution in [0.3, 0.4) is 0 Å². The molecule has 0 saturated carbocycles. The molecule has 0 spiro atoms. The van der Waals surface area contributed by atoms with E-state index in [9.17, 15) is 0 Å². The van der Waals surface area contributed by atoms with Crippen LogP contribution in [0.4, 0.5) is 0 Å². The van der Waals surface area contributed by atoms with Gasteiger partial charge in [-0.25, -0.2) is 0 Å². The predicted octanol–water partition coefficient (Wildman–Crippen LogP) is 3.35. The summed E-state index contributed by atoms with van der Waals surface area (Å²) in [6.45, 7) is 0.347. The van der Waals surface area contributed by atoms with E-state index in [-0.39, 0.29) is 0 Å². The zero-order chi connectivity index (χ0) is 11.5. The van der Waals surface area contributed by atoms with Gasteiger partial charge in [-0.3, -0.25) is 4.98 Å². The minimum Gasteiger partial charge on any atom is -0.396 e. The molecule has 1 N–H and O–H groups in total. The summed E-state index contributed by atoms with van der Waals surface area (Å²) in [5.74, 6) is 0. The molecule has 0 bridgehead atoms. The van der Waals surface area contributed by atoms with Crippen molar-refractivity contribution in [2.24, 2.45) is 0 Å². The molecule has 0 radical (unpaired) electrons. The third-order valence-corrected chi connectivity index (χ3v) is 2.82. The monoisotopic (exact) mass is 221 g/mol. The third-order valence-electron chi connectivity index (χ3n) is 2.82. The molecule has 1 aromatic rings. The number of aryl methyl sites for hydroxylation is 1. The van der Waals surface area contributed by atoms with Gasteiger partial charge in [0.15, 0.2) is 0 Å². The van der Waals surface area contributed by atoms with Gasteiger partial charge in [0.2, 0.25) is 0 Å². The fourth-order valence-electron chi connectivity index (χ4n) is 1.85. The maximum atomic E-state index is 8.63. The summed E-state index contributed by atoms with van der Waals surface area (Å²) in [5.41, 5.74) is 1.21. The van der Waals surface area contributed by atoms with E-state index in [1.165, 1.54) is 44.2 Å². The summed E-state index contributed by atoms with van der Waals surface area (Å²) in [7, 11) is 0. The molecule has 0 aliphatic heterocycles. The summed E-state index contributed by atoms with van der Waals surface area (Å²) in [6, 6.07) is 6.11. The average Bonchev–Trinajstić information content (AvgIpc) is 2.34. The second-order valence-corrected chi connectivity index (χ2v) is 4.27. The number of aliphatic hydroxyl groups excluding tert-OH is 1. The number of rotatable bonds is 9. The van der Waals surface area contributed by atoms with Crippen LogP contribution in [-0.2, 0) is 6.42 Å². The van der Waals surface area contributed by atoms with Gasteiger partial charge in [-0.1, -0.05) is 38.2 Å². The van der Waals surface area contributed by atoms with E-state index in [1.54, 1.807) is 0 Å². The van der Waals surface area contributed by atoms with Gasteiger partial charge in [0.25, 0.3) is 0 Å². The summed E-state index contributed by atoms with van der Waals surface area (Å²) < 4.78 is 0. The molecule has 16 heavy (non-hydrogen) atoms. The topological polar surface area (TPSA) is 33.1 Å². The standard InChI is InChI=1S/C14H23NO/c16-13-9-5-3-1-2-4-6-10-14-11-7-8-12-15-14/h7-8,11-12,16H,1-6,9-10,13H2. The van der Waals surface area contributed by atoms with E-state index in [4.69, 9.17) is 5.11 Å². The maximum Gasteiger partial charge on any atom is 0.0431 e. The molecule has 0 aliphatic carbocycles.